The number of ketones is 1. The van der Waals surface area contributed by atoms with Crippen LogP contribution in [0.5, 0.6) is 0 Å². The zero-order valence-electron chi connectivity index (χ0n) is 17.0. The highest BCUT2D eigenvalue weighted by Crippen LogP contribution is 2.32. The summed E-state index contributed by atoms with van der Waals surface area (Å²) in [6.45, 7) is 5.63. The molecule has 1 atom stereocenters. The van der Waals surface area contributed by atoms with Gasteiger partial charge in [0.15, 0.2) is 5.78 Å². The van der Waals surface area contributed by atoms with Crippen molar-refractivity contribution >= 4 is 23.5 Å². The quantitative estimate of drug-likeness (QED) is 0.675. The lowest BCUT2D eigenvalue weighted by atomic mass is 10.0. The van der Waals surface area contributed by atoms with E-state index in [9.17, 15) is 9.59 Å². The van der Waals surface area contributed by atoms with Gasteiger partial charge in [-0.3, -0.25) is 9.59 Å². The number of aliphatic hydroxyl groups excluding tert-OH is 1. The van der Waals surface area contributed by atoms with Gasteiger partial charge >= 0.3 is 0 Å². The minimum atomic E-state index is -0.481. The molecule has 2 aromatic carbocycles. The van der Waals surface area contributed by atoms with Crippen LogP contribution in [0.2, 0.25) is 0 Å². The lowest BCUT2D eigenvalue weighted by Crippen LogP contribution is -2.27. The fraction of sp³-hybridized carbons (Fsp3) is 0.333. The number of rotatable bonds is 8. The van der Waals surface area contributed by atoms with Crippen molar-refractivity contribution in [3.8, 4) is 0 Å². The Morgan fingerprint density at radius 2 is 1.86 bits per heavy atom. The Balaban J connectivity index is 1.67. The van der Waals surface area contributed by atoms with Gasteiger partial charge in [0.2, 0.25) is 0 Å². The van der Waals surface area contributed by atoms with Gasteiger partial charge in [-0.05, 0) is 73.7 Å². The van der Waals surface area contributed by atoms with E-state index in [1.165, 1.54) is 11.6 Å². The topological polar surface area (TPSA) is 69.6 Å². The molecule has 0 heterocycles. The molecule has 1 amide bonds. The highest BCUT2D eigenvalue weighted by atomic mass is 16.3. The van der Waals surface area contributed by atoms with Crippen molar-refractivity contribution in [1.82, 2.24) is 5.32 Å². The van der Waals surface area contributed by atoms with E-state index in [4.69, 9.17) is 5.11 Å². The highest BCUT2D eigenvalue weighted by molar-refractivity contribution is 5.95. The molecule has 1 aliphatic rings. The van der Waals surface area contributed by atoms with Gasteiger partial charge in [0.05, 0.1) is 6.04 Å². The third-order valence-corrected chi connectivity index (χ3v) is 5.43. The molecular formula is C24H28N2O3. The summed E-state index contributed by atoms with van der Waals surface area (Å²) in [5.74, 6) is -0.380. The molecule has 0 aliphatic heterocycles. The molecule has 3 rings (SSSR count). The molecule has 0 fully saturated rings. The minimum absolute atomic E-state index is 0.00272. The second kappa shape index (κ2) is 9.52. The first-order valence-electron chi connectivity index (χ1n) is 10.2. The van der Waals surface area contributed by atoms with Gasteiger partial charge in [0, 0.05) is 24.3 Å². The number of nitrogens with zero attached hydrogens (tertiary/aromatic N) is 1. The van der Waals surface area contributed by atoms with Gasteiger partial charge in [-0.25, -0.2) is 0 Å². The first-order chi connectivity index (χ1) is 14.0. The molecule has 2 aromatic rings. The smallest absolute Gasteiger partial charge is 0.251 e. The molecular weight excluding hydrogens is 364 g/mol. The van der Waals surface area contributed by atoms with E-state index in [1.807, 2.05) is 42.5 Å². The van der Waals surface area contributed by atoms with E-state index in [-0.39, 0.29) is 17.7 Å². The van der Waals surface area contributed by atoms with Crippen LogP contribution in [0.25, 0.3) is 6.08 Å². The molecule has 5 heteroatoms. The predicted octanol–water partition coefficient (Wildman–Crippen LogP) is 3.52. The van der Waals surface area contributed by atoms with Crippen LogP contribution in [0.15, 0.2) is 48.5 Å². The van der Waals surface area contributed by atoms with E-state index in [2.05, 4.69) is 24.1 Å². The maximum Gasteiger partial charge on any atom is 0.251 e. The molecule has 0 saturated carbocycles. The van der Waals surface area contributed by atoms with Gasteiger partial charge < -0.3 is 15.3 Å². The molecule has 0 aromatic heterocycles. The van der Waals surface area contributed by atoms with Crippen molar-refractivity contribution < 1.29 is 14.7 Å². The molecule has 1 aliphatic carbocycles. The van der Waals surface area contributed by atoms with Gasteiger partial charge in [-0.1, -0.05) is 24.3 Å². The SMILES string of the molecule is CCN(CC)c1ccc(C(=O)NC2CCc3cc(/C=C/C(=O)CO)ccc32)cc1. The standard InChI is InChI=1S/C24H28N2O3/c1-3-26(4-2)20-10-7-18(8-11-20)24(29)25-23-14-9-19-15-17(6-13-22(19)23)5-12-21(28)16-27/h5-8,10-13,15,23,27H,3-4,9,14,16H2,1-2H3,(H,25,29)/b12-5+. The lowest BCUT2D eigenvalue weighted by molar-refractivity contribution is -0.117. The van der Waals surface area contributed by atoms with Crippen molar-refractivity contribution in [1.29, 1.82) is 0 Å². The minimum Gasteiger partial charge on any atom is -0.388 e. The van der Waals surface area contributed by atoms with E-state index >= 15 is 0 Å². The summed E-state index contributed by atoms with van der Waals surface area (Å²) in [7, 11) is 0. The van der Waals surface area contributed by atoms with Crippen LogP contribution in [0.3, 0.4) is 0 Å². The zero-order chi connectivity index (χ0) is 20.8. The van der Waals surface area contributed by atoms with Crippen LogP contribution in [0, 0.1) is 0 Å². The van der Waals surface area contributed by atoms with E-state index in [1.54, 1.807) is 6.08 Å². The number of nitrogens with one attached hydrogen (secondary N) is 1. The molecule has 5 nitrogen and oxygen atoms in total. The third-order valence-electron chi connectivity index (χ3n) is 5.43. The summed E-state index contributed by atoms with van der Waals surface area (Å²) in [6, 6.07) is 13.7. The van der Waals surface area contributed by atoms with Crippen molar-refractivity contribution in [3.63, 3.8) is 0 Å². The second-order valence-electron chi connectivity index (χ2n) is 7.20. The Morgan fingerprint density at radius 3 is 2.52 bits per heavy atom. The number of hydrogen-bond acceptors (Lipinski definition) is 4. The highest BCUT2D eigenvalue weighted by Gasteiger charge is 2.24. The normalized spacial score (nSPS) is 15.3. The Hall–Kier alpha value is -2.92. The number of aliphatic hydroxyl groups is 1. The monoisotopic (exact) mass is 392 g/mol. The first kappa shape index (κ1) is 20.8. The Labute approximate surface area is 172 Å². The largest absolute Gasteiger partial charge is 0.388 e. The molecule has 0 radical (unpaired) electrons. The fourth-order valence-corrected chi connectivity index (χ4v) is 3.79. The van der Waals surface area contributed by atoms with Crippen molar-refractivity contribution in [2.45, 2.75) is 32.7 Å². The van der Waals surface area contributed by atoms with Gasteiger partial charge in [0.1, 0.15) is 6.61 Å². The van der Waals surface area contributed by atoms with E-state index in [0.29, 0.717) is 5.56 Å². The average molecular weight is 392 g/mol. The van der Waals surface area contributed by atoms with Crippen LogP contribution >= 0.6 is 0 Å². The number of carbonyl (C=O) groups is 2. The molecule has 29 heavy (non-hydrogen) atoms. The number of anilines is 1. The van der Waals surface area contributed by atoms with Crippen LogP contribution in [-0.2, 0) is 11.2 Å². The summed E-state index contributed by atoms with van der Waals surface area (Å²) in [5.41, 5.74) is 5.02. The molecule has 0 spiro atoms. The Kier molecular flexibility index (Phi) is 6.83. The van der Waals surface area contributed by atoms with Crippen LogP contribution in [0.1, 0.15) is 53.4 Å². The Bertz CT molecular complexity index is 899. The summed E-state index contributed by atoms with van der Waals surface area (Å²) in [6.07, 6.45) is 4.85. The summed E-state index contributed by atoms with van der Waals surface area (Å²) in [4.78, 5) is 26.2. The number of aryl methyl sites for hydroxylation is 1. The summed E-state index contributed by atoms with van der Waals surface area (Å²) in [5, 5.41) is 12.0. The number of amides is 1. The number of benzene rings is 2. The average Bonchev–Trinajstić information content (AvgIpc) is 3.15. The fourth-order valence-electron chi connectivity index (χ4n) is 3.79. The van der Waals surface area contributed by atoms with E-state index < -0.39 is 6.61 Å². The lowest BCUT2D eigenvalue weighted by Gasteiger charge is -2.21. The van der Waals surface area contributed by atoms with Crippen molar-refractivity contribution in [2.24, 2.45) is 0 Å². The number of hydrogen-bond donors (Lipinski definition) is 2. The Morgan fingerprint density at radius 1 is 1.14 bits per heavy atom. The molecule has 2 N–H and O–H groups in total. The summed E-state index contributed by atoms with van der Waals surface area (Å²) < 4.78 is 0. The van der Waals surface area contributed by atoms with Crippen LogP contribution < -0.4 is 10.2 Å². The van der Waals surface area contributed by atoms with E-state index in [0.717, 1.165) is 42.7 Å². The van der Waals surface area contributed by atoms with Crippen LogP contribution in [0.4, 0.5) is 5.69 Å². The maximum absolute atomic E-state index is 12.7. The summed E-state index contributed by atoms with van der Waals surface area (Å²) >= 11 is 0. The number of fused-ring (bicyclic) bond motifs is 1. The second-order valence-corrected chi connectivity index (χ2v) is 7.20. The zero-order valence-corrected chi connectivity index (χ0v) is 17.0. The molecule has 0 saturated heterocycles. The third kappa shape index (κ3) is 4.93. The van der Waals surface area contributed by atoms with Crippen molar-refractivity contribution in [3.05, 3.63) is 70.8 Å². The molecule has 0 bridgehead atoms. The van der Waals surface area contributed by atoms with Gasteiger partial charge in [-0.15, -0.1) is 0 Å². The first-order valence-corrected chi connectivity index (χ1v) is 10.2. The van der Waals surface area contributed by atoms with Crippen LogP contribution in [-0.4, -0.2) is 36.5 Å². The van der Waals surface area contributed by atoms with Gasteiger partial charge in [0.25, 0.3) is 5.91 Å². The molecule has 1 unspecified atom stereocenters. The maximum atomic E-state index is 12.7. The number of carbonyl (C=O) groups excluding carboxylic acids is 2. The molecule has 152 valence electrons. The van der Waals surface area contributed by atoms with Crippen molar-refractivity contribution in [2.75, 3.05) is 24.6 Å². The predicted molar refractivity (Wildman–Crippen MR) is 116 cm³/mol. The van der Waals surface area contributed by atoms with Gasteiger partial charge in [-0.2, -0.15) is 0 Å².